The fourth-order valence-corrected chi connectivity index (χ4v) is 2.34. The van der Waals surface area contributed by atoms with E-state index in [-0.39, 0.29) is 24.2 Å². The highest BCUT2D eigenvalue weighted by Crippen LogP contribution is 2.21. The third-order valence-electron chi connectivity index (χ3n) is 3.63. The number of fused-ring (bicyclic) bond motifs is 1. The topological polar surface area (TPSA) is 77.2 Å². The first-order valence-electron chi connectivity index (χ1n) is 7.07. The van der Waals surface area contributed by atoms with Crippen LogP contribution < -0.4 is 5.32 Å². The number of hydrogen-bond donors (Lipinski definition) is 1. The second-order valence-corrected chi connectivity index (χ2v) is 5.02. The number of nitrogens with one attached hydrogen (secondary N) is 1. The van der Waals surface area contributed by atoms with Crippen LogP contribution in [-0.2, 0) is 11.3 Å². The molecule has 1 aromatic carbocycles. The molecule has 0 atom stereocenters. The number of nitro groups is 1. The average molecular weight is 289 g/mol. The maximum atomic E-state index is 12.0. The SMILES string of the molecule is CCC(CC)NC(=O)Cn1ccc2ccc([N+](=O)[O-])cc21. The Hall–Kier alpha value is -2.37. The monoisotopic (exact) mass is 289 g/mol. The second kappa shape index (κ2) is 6.39. The Morgan fingerprint density at radius 3 is 2.67 bits per heavy atom. The lowest BCUT2D eigenvalue weighted by molar-refractivity contribution is -0.384. The molecule has 0 spiro atoms. The number of non-ortho nitro benzene ring substituents is 1. The molecule has 6 nitrogen and oxygen atoms in total. The molecule has 0 unspecified atom stereocenters. The fraction of sp³-hybridized carbons (Fsp3) is 0.400. The number of amides is 1. The molecule has 1 N–H and O–H groups in total. The number of carbonyl (C=O) groups is 1. The number of nitro benzene ring substituents is 1. The van der Waals surface area contributed by atoms with Gasteiger partial charge in [0.2, 0.25) is 5.91 Å². The molecule has 0 bridgehead atoms. The standard InChI is InChI=1S/C15H19N3O3/c1-3-12(4-2)16-15(19)10-17-8-7-11-5-6-13(18(20)21)9-14(11)17/h5-9,12H,3-4,10H2,1-2H3,(H,16,19). The maximum Gasteiger partial charge on any atom is 0.271 e. The third-order valence-corrected chi connectivity index (χ3v) is 3.63. The zero-order chi connectivity index (χ0) is 15.4. The Labute approximate surface area is 122 Å². The third kappa shape index (κ3) is 3.39. The molecule has 0 saturated carbocycles. The molecule has 1 heterocycles. The Morgan fingerprint density at radius 1 is 1.33 bits per heavy atom. The zero-order valence-corrected chi connectivity index (χ0v) is 12.2. The largest absolute Gasteiger partial charge is 0.352 e. The Balaban J connectivity index is 2.20. The molecule has 112 valence electrons. The highest BCUT2D eigenvalue weighted by atomic mass is 16.6. The highest BCUT2D eigenvalue weighted by Gasteiger charge is 2.12. The number of aromatic nitrogens is 1. The molecule has 0 aliphatic rings. The van der Waals surface area contributed by atoms with Gasteiger partial charge in [0.25, 0.3) is 5.69 Å². The van der Waals surface area contributed by atoms with Gasteiger partial charge in [-0.1, -0.05) is 13.8 Å². The van der Waals surface area contributed by atoms with Crippen LogP contribution in [0.4, 0.5) is 5.69 Å². The number of rotatable bonds is 6. The Kier molecular flexibility index (Phi) is 4.57. The summed E-state index contributed by atoms with van der Waals surface area (Å²) < 4.78 is 1.74. The Morgan fingerprint density at radius 2 is 2.05 bits per heavy atom. The van der Waals surface area contributed by atoms with Gasteiger partial charge in [0.05, 0.1) is 10.4 Å². The van der Waals surface area contributed by atoms with E-state index in [9.17, 15) is 14.9 Å². The summed E-state index contributed by atoms with van der Waals surface area (Å²) in [6, 6.07) is 6.69. The summed E-state index contributed by atoms with van der Waals surface area (Å²) in [5.74, 6) is -0.0762. The molecule has 0 fully saturated rings. The van der Waals surface area contributed by atoms with Gasteiger partial charge in [-0.05, 0) is 25.0 Å². The van der Waals surface area contributed by atoms with Crippen molar-refractivity contribution in [1.29, 1.82) is 0 Å². The minimum Gasteiger partial charge on any atom is -0.352 e. The van der Waals surface area contributed by atoms with E-state index in [0.29, 0.717) is 5.52 Å². The average Bonchev–Trinajstić information content (AvgIpc) is 2.87. The molecule has 0 aliphatic heterocycles. The number of nitrogens with zero attached hydrogens (tertiary/aromatic N) is 2. The molecule has 0 saturated heterocycles. The van der Waals surface area contributed by atoms with Crippen LogP contribution in [0.2, 0.25) is 0 Å². The molecular formula is C15H19N3O3. The summed E-state index contributed by atoms with van der Waals surface area (Å²) in [6.07, 6.45) is 3.56. The van der Waals surface area contributed by atoms with Gasteiger partial charge in [-0.2, -0.15) is 0 Å². The van der Waals surface area contributed by atoms with Crippen LogP contribution in [0.15, 0.2) is 30.5 Å². The van der Waals surface area contributed by atoms with Crippen LogP contribution in [0.5, 0.6) is 0 Å². The van der Waals surface area contributed by atoms with E-state index >= 15 is 0 Å². The first kappa shape index (κ1) is 15.0. The van der Waals surface area contributed by atoms with Crippen molar-refractivity contribution in [3.8, 4) is 0 Å². The van der Waals surface area contributed by atoms with Crippen LogP contribution >= 0.6 is 0 Å². The van der Waals surface area contributed by atoms with Crippen molar-refractivity contribution in [2.75, 3.05) is 0 Å². The first-order valence-corrected chi connectivity index (χ1v) is 7.07. The van der Waals surface area contributed by atoms with Crippen molar-refractivity contribution in [1.82, 2.24) is 9.88 Å². The van der Waals surface area contributed by atoms with Crippen LogP contribution in [0, 0.1) is 10.1 Å². The van der Waals surface area contributed by atoms with E-state index in [1.165, 1.54) is 12.1 Å². The summed E-state index contributed by atoms with van der Waals surface area (Å²) in [6.45, 7) is 4.23. The molecule has 2 aromatic rings. The number of hydrogen-bond acceptors (Lipinski definition) is 3. The van der Waals surface area contributed by atoms with E-state index in [0.717, 1.165) is 18.2 Å². The minimum absolute atomic E-state index is 0.0304. The maximum absolute atomic E-state index is 12.0. The fourth-order valence-electron chi connectivity index (χ4n) is 2.34. The van der Waals surface area contributed by atoms with Crippen molar-refractivity contribution < 1.29 is 9.72 Å². The van der Waals surface area contributed by atoms with Gasteiger partial charge in [-0.25, -0.2) is 0 Å². The van der Waals surface area contributed by atoms with Gasteiger partial charge in [-0.3, -0.25) is 14.9 Å². The molecule has 0 radical (unpaired) electrons. The van der Waals surface area contributed by atoms with Crippen LogP contribution in [0.1, 0.15) is 26.7 Å². The van der Waals surface area contributed by atoms with Crippen molar-refractivity contribution in [2.24, 2.45) is 0 Å². The van der Waals surface area contributed by atoms with Crippen LogP contribution in [0.3, 0.4) is 0 Å². The van der Waals surface area contributed by atoms with E-state index in [1.807, 2.05) is 19.9 Å². The molecule has 21 heavy (non-hydrogen) atoms. The van der Waals surface area contributed by atoms with Crippen molar-refractivity contribution in [3.05, 3.63) is 40.6 Å². The van der Waals surface area contributed by atoms with Gasteiger partial charge in [0, 0.05) is 29.8 Å². The summed E-state index contributed by atoms with van der Waals surface area (Å²) in [4.78, 5) is 22.4. The van der Waals surface area contributed by atoms with Crippen molar-refractivity contribution in [3.63, 3.8) is 0 Å². The van der Waals surface area contributed by atoms with Gasteiger partial charge < -0.3 is 9.88 Å². The lowest BCUT2D eigenvalue weighted by atomic mass is 10.2. The van der Waals surface area contributed by atoms with Crippen LogP contribution in [-0.4, -0.2) is 21.4 Å². The van der Waals surface area contributed by atoms with E-state index in [1.54, 1.807) is 16.8 Å². The minimum atomic E-state index is -0.430. The van der Waals surface area contributed by atoms with E-state index in [4.69, 9.17) is 0 Å². The smallest absolute Gasteiger partial charge is 0.271 e. The normalized spacial score (nSPS) is 11.0. The molecule has 6 heteroatoms. The zero-order valence-electron chi connectivity index (χ0n) is 12.2. The summed E-state index contributed by atoms with van der Waals surface area (Å²) in [7, 11) is 0. The second-order valence-electron chi connectivity index (χ2n) is 5.02. The van der Waals surface area contributed by atoms with Crippen molar-refractivity contribution in [2.45, 2.75) is 39.3 Å². The summed E-state index contributed by atoms with van der Waals surface area (Å²) in [5, 5.41) is 14.7. The quantitative estimate of drug-likeness (QED) is 0.656. The van der Waals surface area contributed by atoms with Gasteiger partial charge in [0.1, 0.15) is 6.54 Å². The van der Waals surface area contributed by atoms with Gasteiger partial charge in [-0.15, -0.1) is 0 Å². The predicted octanol–water partition coefficient (Wildman–Crippen LogP) is 2.85. The molecule has 1 aromatic heterocycles. The van der Waals surface area contributed by atoms with E-state index < -0.39 is 4.92 Å². The first-order chi connectivity index (χ1) is 10.0. The number of benzene rings is 1. The van der Waals surface area contributed by atoms with Gasteiger partial charge >= 0.3 is 0 Å². The summed E-state index contributed by atoms with van der Waals surface area (Å²) in [5.41, 5.74) is 0.728. The van der Waals surface area contributed by atoms with Crippen LogP contribution in [0.25, 0.3) is 10.9 Å². The van der Waals surface area contributed by atoms with Crippen molar-refractivity contribution >= 4 is 22.5 Å². The van der Waals surface area contributed by atoms with Gasteiger partial charge in [0.15, 0.2) is 0 Å². The predicted molar refractivity (Wildman–Crippen MR) is 81.1 cm³/mol. The molecule has 0 aliphatic carbocycles. The molecule has 2 rings (SSSR count). The highest BCUT2D eigenvalue weighted by molar-refractivity contribution is 5.85. The lowest BCUT2D eigenvalue weighted by Crippen LogP contribution is -2.36. The Bertz CT molecular complexity index is 659. The summed E-state index contributed by atoms with van der Waals surface area (Å²) >= 11 is 0. The van der Waals surface area contributed by atoms with E-state index in [2.05, 4.69) is 5.32 Å². The molecule has 1 amide bonds. The molecular weight excluding hydrogens is 270 g/mol. The lowest BCUT2D eigenvalue weighted by Gasteiger charge is -2.15. The number of carbonyl (C=O) groups excluding carboxylic acids is 1.